The second-order valence-corrected chi connectivity index (χ2v) is 3.58. The largest absolute Gasteiger partial charge is 0.293 e. The van der Waals surface area contributed by atoms with Crippen LogP contribution in [0.25, 0.3) is 0 Å². The van der Waals surface area contributed by atoms with E-state index in [-0.39, 0.29) is 11.7 Å². The minimum absolute atomic E-state index is 0.0705. The summed E-state index contributed by atoms with van der Waals surface area (Å²) in [5.41, 5.74) is 1.47. The second-order valence-electron chi connectivity index (χ2n) is 3.58. The summed E-state index contributed by atoms with van der Waals surface area (Å²) in [5, 5.41) is 0. The van der Waals surface area contributed by atoms with E-state index in [1.54, 1.807) is 30.7 Å². The molecule has 1 atom stereocenters. The van der Waals surface area contributed by atoms with Gasteiger partial charge in [-0.2, -0.15) is 0 Å². The molecule has 0 aliphatic rings. The molecule has 0 spiro atoms. The van der Waals surface area contributed by atoms with Crippen molar-refractivity contribution < 1.29 is 4.79 Å². The van der Waals surface area contributed by atoms with Crippen LogP contribution in [-0.4, -0.2) is 15.8 Å². The van der Waals surface area contributed by atoms with Crippen LogP contribution in [0.15, 0.2) is 48.9 Å². The summed E-state index contributed by atoms with van der Waals surface area (Å²) in [6, 6.07) is 9.04. The molecule has 80 valence electrons. The second kappa shape index (κ2) is 4.66. The van der Waals surface area contributed by atoms with Crippen LogP contribution >= 0.6 is 0 Å². The van der Waals surface area contributed by atoms with Crippen LogP contribution in [0.2, 0.25) is 0 Å². The highest BCUT2D eigenvalue weighted by molar-refractivity contribution is 6.00. The molecule has 0 bridgehead atoms. The van der Waals surface area contributed by atoms with Gasteiger partial charge in [-0.25, -0.2) is 0 Å². The maximum atomic E-state index is 12.1. The van der Waals surface area contributed by atoms with E-state index >= 15 is 0 Å². The van der Waals surface area contributed by atoms with Crippen molar-refractivity contribution >= 4 is 5.78 Å². The number of pyridine rings is 2. The minimum Gasteiger partial charge on any atom is -0.293 e. The SMILES string of the molecule is C[C@@H](C(=O)c1ccncc1)c1ccccn1. The number of carbonyl (C=O) groups excluding carboxylic acids is 1. The molecule has 0 aliphatic carbocycles. The number of carbonyl (C=O) groups is 1. The van der Waals surface area contributed by atoms with E-state index in [9.17, 15) is 4.79 Å². The topological polar surface area (TPSA) is 42.9 Å². The zero-order chi connectivity index (χ0) is 11.4. The van der Waals surface area contributed by atoms with Gasteiger partial charge in [0, 0.05) is 24.2 Å². The Morgan fingerprint density at radius 2 is 1.88 bits per heavy atom. The van der Waals surface area contributed by atoms with E-state index in [1.807, 2.05) is 25.1 Å². The quantitative estimate of drug-likeness (QED) is 0.734. The fourth-order valence-electron chi connectivity index (χ4n) is 1.53. The molecule has 0 N–H and O–H groups in total. The number of Topliss-reactive ketones (excluding diaryl/α,β-unsaturated/α-hetero) is 1. The maximum absolute atomic E-state index is 12.1. The zero-order valence-corrected chi connectivity index (χ0v) is 9.00. The lowest BCUT2D eigenvalue weighted by Gasteiger charge is -2.09. The molecule has 16 heavy (non-hydrogen) atoms. The average molecular weight is 212 g/mol. The molecule has 0 radical (unpaired) electrons. The first-order chi connectivity index (χ1) is 7.79. The van der Waals surface area contributed by atoms with Crippen molar-refractivity contribution in [1.29, 1.82) is 0 Å². The van der Waals surface area contributed by atoms with Crippen molar-refractivity contribution in [1.82, 2.24) is 9.97 Å². The summed E-state index contributed by atoms with van der Waals surface area (Å²) >= 11 is 0. The average Bonchev–Trinajstić information content (AvgIpc) is 2.39. The molecule has 0 fully saturated rings. The van der Waals surface area contributed by atoms with Crippen LogP contribution in [0.5, 0.6) is 0 Å². The van der Waals surface area contributed by atoms with Gasteiger partial charge in [0.1, 0.15) is 0 Å². The number of rotatable bonds is 3. The van der Waals surface area contributed by atoms with Gasteiger partial charge in [-0.15, -0.1) is 0 Å². The van der Waals surface area contributed by atoms with Gasteiger partial charge in [-0.05, 0) is 31.2 Å². The number of hydrogen-bond donors (Lipinski definition) is 0. The Labute approximate surface area is 94.2 Å². The smallest absolute Gasteiger partial charge is 0.171 e. The van der Waals surface area contributed by atoms with Crippen molar-refractivity contribution in [2.75, 3.05) is 0 Å². The van der Waals surface area contributed by atoms with Gasteiger partial charge in [0.25, 0.3) is 0 Å². The van der Waals surface area contributed by atoms with Crippen molar-refractivity contribution in [3.8, 4) is 0 Å². The van der Waals surface area contributed by atoms with Crippen LogP contribution in [0.1, 0.15) is 28.9 Å². The molecule has 2 rings (SSSR count). The standard InChI is InChI=1S/C13H12N2O/c1-10(12-4-2-3-7-15-12)13(16)11-5-8-14-9-6-11/h2-10H,1H3/t10-/m1/s1. The molecule has 0 saturated carbocycles. The minimum atomic E-state index is -0.219. The molecule has 0 aliphatic heterocycles. The monoisotopic (exact) mass is 212 g/mol. The lowest BCUT2D eigenvalue weighted by atomic mass is 9.97. The first kappa shape index (κ1) is 10.5. The molecular weight excluding hydrogens is 200 g/mol. The highest BCUT2D eigenvalue weighted by atomic mass is 16.1. The summed E-state index contributed by atoms with van der Waals surface area (Å²) < 4.78 is 0. The van der Waals surface area contributed by atoms with Crippen LogP contribution in [-0.2, 0) is 0 Å². The Bertz CT molecular complexity index is 468. The van der Waals surface area contributed by atoms with Crippen molar-refractivity contribution in [3.05, 3.63) is 60.2 Å². The van der Waals surface area contributed by atoms with Crippen molar-refractivity contribution in [2.45, 2.75) is 12.8 Å². The third kappa shape index (κ3) is 2.14. The first-order valence-electron chi connectivity index (χ1n) is 5.14. The van der Waals surface area contributed by atoms with Gasteiger partial charge in [0.15, 0.2) is 5.78 Å². The third-order valence-electron chi connectivity index (χ3n) is 2.49. The van der Waals surface area contributed by atoms with Gasteiger partial charge >= 0.3 is 0 Å². The molecule has 2 heterocycles. The van der Waals surface area contributed by atoms with E-state index in [4.69, 9.17) is 0 Å². The zero-order valence-electron chi connectivity index (χ0n) is 9.00. The normalized spacial score (nSPS) is 12.1. The first-order valence-corrected chi connectivity index (χ1v) is 5.14. The van der Waals surface area contributed by atoms with E-state index in [0.29, 0.717) is 5.56 Å². The summed E-state index contributed by atoms with van der Waals surface area (Å²) in [7, 11) is 0. The molecule has 0 saturated heterocycles. The highest BCUT2D eigenvalue weighted by Gasteiger charge is 2.17. The molecule has 0 amide bonds. The molecule has 0 unspecified atom stereocenters. The van der Waals surface area contributed by atoms with Gasteiger partial charge in [-0.3, -0.25) is 14.8 Å². The Balaban J connectivity index is 2.24. The molecule has 3 heteroatoms. The number of hydrogen-bond acceptors (Lipinski definition) is 3. The number of aromatic nitrogens is 2. The Morgan fingerprint density at radius 3 is 2.50 bits per heavy atom. The van der Waals surface area contributed by atoms with Crippen LogP contribution < -0.4 is 0 Å². The van der Waals surface area contributed by atoms with Crippen LogP contribution in [0, 0.1) is 0 Å². The lowest BCUT2D eigenvalue weighted by Crippen LogP contribution is -2.10. The summed E-state index contributed by atoms with van der Waals surface area (Å²) in [4.78, 5) is 20.2. The van der Waals surface area contributed by atoms with Crippen molar-refractivity contribution in [3.63, 3.8) is 0 Å². The Morgan fingerprint density at radius 1 is 1.12 bits per heavy atom. The van der Waals surface area contributed by atoms with Gasteiger partial charge < -0.3 is 0 Å². The summed E-state index contributed by atoms with van der Waals surface area (Å²) in [6.45, 7) is 1.87. The molecule has 2 aromatic heterocycles. The lowest BCUT2D eigenvalue weighted by molar-refractivity contribution is 0.0964. The predicted octanol–water partition coefficient (Wildman–Crippen LogP) is 2.46. The third-order valence-corrected chi connectivity index (χ3v) is 2.49. The van der Waals surface area contributed by atoms with Crippen LogP contribution in [0.4, 0.5) is 0 Å². The molecule has 0 aromatic carbocycles. The number of nitrogens with zero attached hydrogens (tertiary/aromatic N) is 2. The molecule has 3 nitrogen and oxygen atoms in total. The van der Waals surface area contributed by atoms with Gasteiger partial charge in [-0.1, -0.05) is 6.07 Å². The fourth-order valence-corrected chi connectivity index (χ4v) is 1.53. The van der Waals surface area contributed by atoms with E-state index in [1.165, 1.54) is 0 Å². The number of ketones is 1. The van der Waals surface area contributed by atoms with E-state index in [0.717, 1.165) is 5.69 Å². The van der Waals surface area contributed by atoms with E-state index in [2.05, 4.69) is 9.97 Å². The fraction of sp³-hybridized carbons (Fsp3) is 0.154. The Kier molecular flexibility index (Phi) is 3.05. The summed E-state index contributed by atoms with van der Waals surface area (Å²) in [5.74, 6) is -0.148. The molecule has 2 aromatic rings. The van der Waals surface area contributed by atoms with Gasteiger partial charge in [0.05, 0.1) is 11.6 Å². The summed E-state index contributed by atoms with van der Waals surface area (Å²) in [6.07, 6.45) is 4.95. The highest BCUT2D eigenvalue weighted by Crippen LogP contribution is 2.17. The van der Waals surface area contributed by atoms with Crippen molar-refractivity contribution in [2.24, 2.45) is 0 Å². The van der Waals surface area contributed by atoms with E-state index < -0.39 is 0 Å². The molecular formula is C13H12N2O. The van der Waals surface area contributed by atoms with Gasteiger partial charge in [0.2, 0.25) is 0 Å². The maximum Gasteiger partial charge on any atom is 0.171 e. The Hall–Kier alpha value is -2.03. The predicted molar refractivity (Wildman–Crippen MR) is 61.2 cm³/mol. The van der Waals surface area contributed by atoms with Crippen LogP contribution in [0.3, 0.4) is 0 Å².